The summed E-state index contributed by atoms with van der Waals surface area (Å²) in [4.78, 5) is 27.3. The smallest absolute Gasteiger partial charge is 0.270 e. The molecule has 1 amide bonds. The number of benzene rings is 1. The maximum absolute atomic E-state index is 12.8. The zero-order chi connectivity index (χ0) is 24.5. The van der Waals surface area contributed by atoms with Crippen molar-refractivity contribution in [3.63, 3.8) is 0 Å². The van der Waals surface area contributed by atoms with Crippen LogP contribution in [0.25, 0.3) is 11.8 Å². The number of carbonyl (C=O) groups is 1. The average molecular weight is 497 g/mol. The Hall–Kier alpha value is -3.71. The number of carbonyl (C=O) groups excluding carboxylic acids is 1. The summed E-state index contributed by atoms with van der Waals surface area (Å²) >= 11 is 6.12. The van der Waals surface area contributed by atoms with Crippen LogP contribution in [0.5, 0.6) is 0 Å². The van der Waals surface area contributed by atoms with Gasteiger partial charge in [0.2, 0.25) is 0 Å². The van der Waals surface area contributed by atoms with E-state index >= 15 is 0 Å². The number of thiocarbonyl (C=S) groups is 1. The second-order valence-electron chi connectivity index (χ2n) is 7.28. The maximum Gasteiger partial charge on any atom is 0.270 e. The highest BCUT2D eigenvalue weighted by atomic mass is 32.1. The second kappa shape index (κ2) is 12.0. The zero-order valence-electron chi connectivity index (χ0n) is 18.6. The molecule has 0 bridgehead atoms. The number of aromatic nitrogens is 1. The summed E-state index contributed by atoms with van der Waals surface area (Å²) in [7, 11) is 0. The Morgan fingerprint density at radius 3 is 2.76 bits per heavy atom. The van der Waals surface area contributed by atoms with Crippen LogP contribution < -0.4 is 36.0 Å². The van der Waals surface area contributed by atoms with Gasteiger partial charge < -0.3 is 21.3 Å². The van der Waals surface area contributed by atoms with Gasteiger partial charge in [0, 0.05) is 25.0 Å². The Morgan fingerprint density at radius 2 is 2.09 bits per heavy atom. The minimum Gasteiger partial charge on any atom is -0.360 e. The van der Waals surface area contributed by atoms with Crippen LogP contribution in [0.2, 0.25) is 0 Å². The minimum absolute atomic E-state index is 0.191. The van der Waals surface area contributed by atoms with E-state index in [4.69, 9.17) is 17.5 Å². The molecule has 1 aromatic heterocycles. The molecule has 1 fully saturated rings. The predicted octanol–water partition coefficient (Wildman–Crippen LogP) is -0.669. The molecule has 4 N–H and O–H groups in total. The Morgan fingerprint density at radius 1 is 1.32 bits per heavy atom. The molecule has 2 heterocycles. The fourth-order valence-corrected chi connectivity index (χ4v) is 4.51. The van der Waals surface area contributed by atoms with E-state index in [0.717, 1.165) is 35.6 Å². The van der Waals surface area contributed by atoms with E-state index < -0.39 is 5.91 Å². The highest BCUT2D eigenvalue weighted by Gasteiger charge is 2.15. The number of thiazole rings is 1. The predicted molar refractivity (Wildman–Crippen MR) is 135 cm³/mol. The molecule has 1 saturated heterocycles. The second-order valence-corrected chi connectivity index (χ2v) is 8.72. The third-order valence-corrected chi connectivity index (χ3v) is 6.46. The van der Waals surface area contributed by atoms with Crippen molar-refractivity contribution in [1.29, 1.82) is 10.5 Å². The number of hydrogen-bond acceptors (Lipinski definition) is 8. The molecule has 0 spiro atoms. The lowest BCUT2D eigenvalue weighted by atomic mass is 10.1. The van der Waals surface area contributed by atoms with Gasteiger partial charge in [-0.05, 0) is 43.3 Å². The molecular weight excluding hydrogens is 472 g/mol. The van der Waals surface area contributed by atoms with Crippen molar-refractivity contribution < 1.29 is 4.79 Å². The van der Waals surface area contributed by atoms with Crippen molar-refractivity contribution in [2.75, 3.05) is 31.7 Å². The fraction of sp³-hybridized carbons (Fsp3) is 0.318. The highest BCUT2D eigenvalue weighted by Crippen LogP contribution is 2.12. The van der Waals surface area contributed by atoms with Gasteiger partial charge in [-0.15, -0.1) is 11.3 Å². The summed E-state index contributed by atoms with van der Waals surface area (Å²) in [5, 5.41) is 30.5. The monoisotopic (exact) mass is 496 g/mol. The van der Waals surface area contributed by atoms with Crippen LogP contribution in [0.4, 0.5) is 5.69 Å². The standard InChI is InChI=1S/C22H24N8O2S2/c1-2-30-20(32)18(34-21(30)17(11-24)19(31)25-8-7-23)12-26-16-5-3-4-15(10-16)6-9-29-13-27-22(33)28-14-29/h3-5,10,12,26H,2,6,8-9,13-14H2,1H3,(H,25,31)(H2,27,28,33). The lowest BCUT2D eigenvalue weighted by Crippen LogP contribution is -2.54. The summed E-state index contributed by atoms with van der Waals surface area (Å²) in [6.45, 7) is 4.11. The van der Waals surface area contributed by atoms with Crippen LogP contribution in [0.1, 0.15) is 12.5 Å². The normalized spacial score (nSPS) is 14.9. The van der Waals surface area contributed by atoms with Gasteiger partial charge in [0.05, 0.1) is 19.4 Å². The number of rotatable bonds is 8. The SMILES string of the molecule is CCn1c(=C(C#N)C(=O)NCC#N)sc(=CNc2cccc(CCN3CNC(=S)NC3)c2)c1=O. The molecule has 0 aliphatic carbocycles. The number of amides is 1. The third-order valence-electron chi connectivity index (χ3n) is 5.04. The van der Waals surface area contributed by atoms with E-state index in [-0.39, 0.29) is 22.3 Å². The van der Waals surface area contributed by atoms with Crippen molar-refractivity contribution in [2.24, 2.45) is 0 Å². The molecule has 0 atom stereocenters. The van der Waals surface area contributed by atoms with E-state index in [1.807, 2.05) is 30.3 Å². The van der Waals surface area contributed by atoms with Crippen LogP contribution in [0, 0.1) is 22.7 Å². The first-order valence-electron chi connectivity index (χ1n) is 10.6. The third kappa shape index (κ3) is 6.20. The molecule has 34 heavy (non-hydrogen) atoms. The summed E-state index contributed by atoms with van der Waals surface area (Å²) in [6, 6.07) is 11.6. The van der Waals surface area contributed by atoms with Gasteiger partial charge >= 0.3 is 0 Å². The van der Waals surface area contributed by atoms with Gasteiger partial charge in [-0.25, -0.2) is 0 Å². The average Bonchev–Trinajstić information content (AvgIpc) is 3.16. The molecule has 0 saturated carbocycles. The molecule has 0 unspecified atom stereocenters. The Kier molecular flexibility index (Phi) is 8.76. The molecule has 1 aliphatic heterocycles. The molecule has 12 heteroatoms. The number of nitrogens with one attached hydrogen (secondary N) is 4. The molecule has 1 aromatic carbocycles. The summed E-state index contributed by atoms with van der Waals surface area (Å²) in [5.41, 5.74) is 1.47. The first kappa shape index (κ1) is 24.9. The lowest BCUT2D eigenvalue weighted by Gasteiger charge is -2.29. The Balaban J connectivity index is 1.80. The van der Waals surface area contributed by atoms with Gasteiger partial charge in [0.15, 0.2) is 10.7 Å². The van der Waals surface area contributed by atoms with Crippen molar-refractivity contribution in [2.45, 2.75) is 19.9 Å². The van der Waals surface area contributed by atoms with Gasteiger partial charge in [0.25, 0.3) is 11.5 Å². The van der Waals surface area contributed by atoms with Crippen LogP contribution in [-0.2, 0) is 17.8 Å². The Labute approximate surface area is 205 Å². The summed E-state index contributed by atoms with van der Waals surface area (Å²) in [5.74, 6) is -0.680. The molecule has 176 valence electrons. The first-order valence-corrected chi connectivity index (χ1v) is 11.8. The summed E-state index contributed by atoms with van der Waals surface area (Å²) < 4.78 is 2.01. The van der Waals surface area contributed by atoms with E-state index in [1.54, 1.807) is 19.2 Å². The number of hydrogen-bond donors (Lipinski definition) is 4. The van der Waals surface area contributed by atoms with Gasteiger partial charge in [-0.2, -0.15) is 10.5 Å². The van der Waals surface area contributed by atoms with Crippen LogP contribution in [0.15, 0.2) is 29.1 Å². The largest absolute Gasteiger partial charge is 0.360 e. The molecular formula is C22H24N8O2S2. The summed E-state index contributed by atoms with van der Waals surface area (Å²) in [6.07, 6.45) is 2.43. The topological polar surface area (TPSA) is 138 Å². The van der Waals surface area contributed by atoms with Crippen LogP contribution in [-0.4, -0.2) is 46.9 Å². The van der Waals surface area contributed by atoms with Crippen LogP contribution >= 0.6 is 23.6 Å². The van der Waals surface area contributed by atoms with Gasteiger partial charge in [0.1, 0.15) is 21.8 Å². The van der Waals surface area contributed by atoms with Crippen molar-refractivity contribution >= 4 is 52.0 Å². The van der Waals surface area contributed by atoms with Crippen molar-refractivity contribution in [3.8, 4) is 12.1 Å². The lowest BCUT2D eigenvalue weighted by molar-refractivity contribution is -0.115. The van der Waals surface area contributed by atoms with Gasteiger partial charge in [-0.1, -0.05) is 12.1 Å². The number of anilines is 1. The number of nitriles is 2. The van der Waals surface area contributed by atoms with Crippen LogP contribution in [0.3, 0.4) is 0 Å². The highest BCUT2D eigenvalue weighted by molar-refractivity contribution is 7.80. The minimum atomic E-state index is -0.680. The molecule has 3 rings (SSSR count). The van der Waals surface area contributed by atoms with Crippen molar-refractivity contribution in [1.82, 2.24) is 25.4 Å². The first-order chi connectivity index (χ1) is 16.5. The Bertz CT molecular complexity index is 1320. The quantitative estimate of drug-likeness (QED) is 0.277. The van der Waals surface area contributed by atoms with E-state index in [0.29, 0.717) is 29.5 Å². The van der Waals surface area contributed by atoms with E-state index in [2.05, 4.69) is 26.2 Å². The molecule has 2 aromatic rings. The van der Waals surface area contributed by atoms with Gasteiger partial charge in [-0.3, -0.25) is 19.1 Å². The van der Waals surface area contributed by atoms with E-state index in [9.17, 15) is 14.9 Å². The van der Waals surface area contributed by atoms with E-state index in [1.165, 1.54) is 4.57 Å². The molecule has 10 nitrogen and oxygen atoms in total. The molecule has 1 aliphatic rings. The maximum atomic E-state index is 12.8. The zero-order valence-corrected chi connectivity index (χ0v) is 20.2. The number of nitrogens with zero attached hydrogens (tertiary/aromatic N) is 4. The van der Waals surface area contributed by atoms with Crippen molar-refractivity contribution in [3.05, 3.63) is 49.4 Å². The molecule has 0 radical (unpaired) electrons. The fourth-order valence-electron chi connectivity index (χ4n) is 3.29.